The number of ether oxygens (including phenoxy) is 1. The molecule has 1 amide bonds. The quantitative estimate of drug-likeness (QED) is 0.806. The predicted molar refractivity (Wildman–Crippen MR) is 83.1 cm³/mol. The number of carbonyl (C=O) groups excluding carboxylic acids is 1. The van der Waals surface area contributed by atoms with Gasteiger partial charge in [-0.05, 0) is 37.4 Å². The second-order valence-electron chi connectivity index (χ2n) is 5.59. The maximum Gasteiger partial charge on any atom is 0.240 e. The number of hydrogen-bond acceptors (Lipinski definition) is 3. The Kier molecular flexibility index (Phi) is 6.26. The first-order chi connectivity index (χ1) is 10.2. The van der Waals surface area contributed by atoms with Crippen LogP contribution in [0.25, 0.3) is 0 Å². The third-order valence-corrected chi connectivity index (χ3v) is 3.95. The summed E-state index contributed by atoms with van der Waals surface area (Å²) in [4.78, 5) is 12.1. The minimum absolute atomic E-state index is 0.0838. The van der Waals surface area contributed by atoms with E-state index in [1.165, 1.54) is 5.56 Å². The van der Waals surface area contributed by atoms with Crippen LogP contribution in [0.15, 0.2) is 18.5 Å². The van der Waals surface area contributed by atoms with Crippen LogP contribution >= 0.6 is 0 Å². The van der Waals surface area contributed by atoms with E-state index in [0.717, 1.165) is 39.0 Å². The van der Waals surface area contributed by atoms with Crippen LogP contribution in [0.3, 0.4) is 0 Å². The molecule has 0 bridgehead atoms. The van der Waals surface area contributed by atoms with Crippen molar-refractivity contribution in [2.24, 2.45) is 0 Å². The number of hydrogen-bond donors (Lipinski definition) is 2. The molecular formula is C16H27N3O2. The molecule has 1 unspecified atom stereocenters. The summed E-state index contributed by atoms with van der Waals surface area (Å²) in [6, 6.07) is 2.74. The molecular weight excluding hydrogens is 266 g/mol. The molecule has 0 radical (unpaired) electrons. The topological polar surface area (TPSA) is 55.3 Å². The third-order valence-electron chi connectivity index (χ3n) is 3.95. The smallest absolute Gasteiger partial charge is 0.240 e. The summed E-state index contributed by atoms with van der Waals surface area (Å²) in [6.45, 7) is 7.12. The lowest BCUT2D eigenvalue weighted by Gasteiger charge is -2.23. The van der Waals surface area contributed by atoms with Gasteiger partial charge in [-0.2, -0.15) is 0 Å². The average Bonchev–Trinajstić information content (AvgIpc) is 2.93. The normalized spacial score (nSPS) is 17.6. The summed E-state index contributed by atoms with van der Waals surface area (Å²) >= 11 is 0. The minimum atomic E-state index is 0.0838. The number of carbonyl (C=O) groups is 1. The van der Waals surface area contributed by atoms with Crippen LogP contribution in [0.4, 0.5) is 0 Å². The maximum atomic E-state index is 12.1. The Labute approximate surface area is 127 Å². The Morgan fingerprint density at radius 2 is 2.19 bits per heavy atom. The van der Waals surface area contributed by atoms with Gasteiger partial charge in [-0.15, -0.1) is 0 Å². The molecule has 1 fully saturated rings. The first-order valence-electron chi connectivity index (χ1n) is 7.99. The van der Waals surface area contributed by atoms with Gasteiger partial charge in [0.1, 0.15) is 6.54 Å². The van der Waals surface area contributed by atoms with Crippen LogP contribution in [0.5, 0.6) is 0 Å². The standard InChI is InChI=1S/C16H27N3O2/c1-3-15(17-4-2)13-5-8-19(11-13)12-16(20)18-14-6-9-21-10-7-14/h5,8,11,14-15,17H,3-4,6-7,9-10,12H2,1-2H3,(H,18,20). The van der Waals surface area contributed by atoms with Crippen molar-refractivity contribution in [1.82, 2.24) is 15.2 Å². The van der Waals surface area contributed by atoms with Gasteiger partial charge in [0.25, 0.3) is 0 Å². The highest BCUT2D eigenvalue weighted by Gasteiger charge is 2.16. The van der Waals surface area contributed by atoms with Crippen molar-refractivity contribution in [2.45, 2.75) is 51.7 Å². The molecule has 2 rings (SSSR count). The first-order valence-corrected chi connectivity index (χ1v) is 7.99. The number of amides is 1. The van der Waals surface area contributed by atoms with Crippen molar-refractivity contribution >= 4 is 5.91 Å². The number of nitrogens with zero attached hydrogens (tertiary/aromatic N) is 1. The fourth-order valence-corrected chi connectivity index (χ4v) is 2.79. The van der Waals surface area contributed by atoms with Crippen molar-refractivity contribution in [2.75, 3.05) is 19.8 Å². The molecule has 5 nitrogen and oxygen atoms in total. The van der Waals surface area contributed by atoms with Gasteiger partial charge in [-0.1, -0.05) is 13.8 Å². The Balaban J connectivity index is 1.84. The molecule has 0 spiro atoms. The van der Waals surface area contributed by atoms with Crippen molar-refractivity contribution in [1.29, 1.82) is 0 Å². The van der Waals surface area contributed by atoms with Crippen LogP contribution < -0.4 is 10.6 Å². The van der Waals surface area contributed by atoms with Crippen LogP contribution in [0.2, 0.25) is 0 Å². The molecule has 118 valence electrons. The zero-order valence-corrected chi connectivity index (χ0v) is 13.1. The van der Waals surface area contributed by atoms with Gasteiger partial charge in [0.2, 0.25) is 5.91 Å². The molecule has 21 heavy (non-hydrogen) atoms. The van der Waals surface area contributed by atoms with E-state index in [0.29, 0.717) is 12.6 Å². The zero-order chi connectivity index (χ0) is 15.1. The molecule has 1 aliphatic heterocycles. The fraction of sp³-hybridized carbons (Fsp3) is 0.688. The summed E-state index contributed by atoms with van der Waals surface area (Å²) in [5.41, 5.74) is 1.25. The zero-order valence-electron chi connectivity index (χ0n) is 13.1. The molecule has 2 heterocycles. The molecule has 1 aromatic heterocycles. The number of aromatic nitrogens is 1. The van der Waals surface area contributed by atoms with E-state index < -0.39 is 0 Å². The molecule has 0 saturated carbocycles. The van der Waals surface area contributed by atoms with E-state index in [9.17, 15) is 4.79 Å². The average molecular weight is 293 g/mol. The summed E-state index contributed by atoms with van der Waals surface area (Å²) in [7, 11) is 0. The van der Waals surface area contributed by atoms with E-state index in [4.69, 9.17) is 4.74 Å². The molecule has 0 aromatic carbocycles. The third kappa shape index (κ3) is 4.86. The van der Waals surface area contributed by atoms with Gasteiger partial charge >= 0.3 is 0 Å². The first kappa shape index (κ1) is 16.0. The van der Waals surface area contributed by atoms with Gasteiger partial charge in [0, 0.05) is 37.7 Å². The van der Waals surface area contributed by atoms with Crippen molar-refractivity contribution in [3.05, 3.63) is 24.0 Å². The lowest BCUT2D eigenvalue weighted by Crippen LogP contribution is -2.40. The number of nitrogens with one attached hydrogen (secondary N) is 2. The summed E-state index contributed by atoms with van der Waals surface area (Å²) in [6.07, 6.45) is 6.94. The van der Waals surface area contributed by atoms with E-state index in [1.54, 1.807) is 0 Å². The van der Waals surface area contributed by atoms with Gasteiger partial charge in [-0.3, -0.25) is 4.79 Å². The fourth-order valence-electron chi connectivity index (χ4n) is 2.79. The minimum Gasteiger partial charge on any atom is -0.381 e. The Morgan fingerprint density at radius 3 is 2.86 bits per heavy atom. The van der Waals surface area contributed by atoms with Crippen LogP contribution in [0, 0.1) is 0 Å². The highest BCUT2D eigenvalue weighted by atomic mass is 16.5. The van der Waals surface area contributed by atoms with E-state index >= 15 is 0 Å². The molecule has 1 atom stereocenters. The van der Waals surface area contributed by atoms with Crippen LogP contribution in [-0.4, -0.2) is 36.3 Å². The molecule has 1 saturated heterocycles. The number of rotatable bonds is 7. The van der Waals surface area contributed by atoms with E-state index in [2.05, 4.69) is 36.7 Å². The van der Waals surface area contributed by atoms with Gasteiger partial charge in [0.15, 0.2) is 0 Å². The SMILES string of the molecule is CCNC(CC)c1ccn(CC(=O)NC2CCOCC2)c1. The Morgan fingerprint density at radius 1 is 1.43 bits per heavy atom. The van der Waals surface area contributed by atoms with Gasteiger partial charge < -0.3 is 19.9 Å². The summed E-state index contributed by atoms with van der Waals surface area (Å²) < 4.78 is 7.26. The molecule has 1 aromatic rings. The summed E-state index contributed by atoms with van der Waals surface area (Å²) in [5.74, 6) is 0.0838. The van der Waals surface area contributed by atoms with Crippen LogP contribution in [-0.2, 0) is 16.1 Å². The molecule has 1 aliphatic rings. The van der Waals surface area contributed by atoms with Gasteiger partial charge in [0.05, 0.1) is 0 Å². The van der Waals surface area contributed by atoms with Crippen LogP contribution in [0.1, 0.15) is 44.7 Å². The second-order valence-corrected chi connectivity index (χ2v) is 5.59. The monoisotopic (exact) mass is 293 g/mol. The predicted octanol–water partition coefficient (Wildman–Crippen LogP) is 1.84. The van der Waals surface area contributed by atoms with Crippen molar-refractivity contribution in [3.63, 3.8) is 0 Å². The van der Waals surface area contributed by atoms with Gasteiger partial charge in [-0.25, -0.2) is 0 Å². The highest BCUT2D eigenvalue weighted by Crippen LogP contribution is 2.16. The van der Waals surface area contributed by atoms with E-state index in [-0.39, 0.29) is 11.9 Å². The Bertz CT molecular complexity index is 438. The lowest BCUT2D eigenvalue weighted by atomic mass is 10.1. The lowest BCUT2D eigenvalue weighted by molar-refractivity contribution is -0.122. The van der Waals surface area contributed by atoms with E-state index in [1.807, 2.05) is 10.8 Å². The van der Waals surface area contributed by atoms with Crippen molar-refractivity contribution in [3.8, 4) is 0 Å². The highest BCUT2D eigenvalue weighted by molar-refractivity contribution is 5.76. The maximum absolute atomic E-state index is 12.1. The molecule has 5 heteroatoms. The molecule has 2 N–H and O–H groups in total. The van der Waals surface area contributed by atoms with Crippen molar-refractivity contribution < 1.29 is 9.53 Å². The molecule has 0 aliphatic carbocycles. The second kappa shape index (κ2) is 8.20. The summed E-state index contributed by atoms with van der Waals surface area (Å²) in [5, 5.41) is 6.54. The Hall–Kier alpha value is -1.33. The largest absolute Gasteiger partial charge is 0.381 e.